The van der Waals surface area contributed by atoms with Crippen molar-refractivity contribution < 1.29 is 91.6 Å². The van der Waals surface area contributed by atoms with E-state index in [4.69, 9.17) is 61.3 Å². The molecule has 94 heavy (non-hydrogen) atoms. The number of methoxy groups -OCH3 is 3. The van der Waals surface area contributed by atoms with Crippen LogP contribution in [0, 0.1) is 23.7 Å². The summed E-state index contributed by atoms with van der Waals surface area (Å²) in [6, 6.07) is 5.99. The number of benzene rings is 2. The summed E-state index contributed by atoms with van der Waals surface area (Å²) in [4.78, 5) is 27.3. The molecule has 2 bridgehead atoms. The van der Waals surface area contributed by atoms with Crippen molar-refractivity contribution in [3.63, 3.8) is 0 Å². The summed E-state index contributed by atoms with van der Waals surface area (Å²) >= 11 is 0. The van der Waals surface area contributed by atoms with E-state index in [-0.39, 0.29) is 65.3 Å². The second-order valence-electron chi connectivity index (χ2n) is 27.6. The molecule has 20 nitrogen and oxygen atoms in total. The van der Waals surface area contributed by atoms with Crippen molar-refractivity contribution in [2.24, 2.45) is 23.7 Å². The third-order valence-corrected chi connectivity index (χ3v) is 20.0. The lowest BCUT2D eigenvalue weighted by atomic mass is 9.71. The molecule has 0 saturated carbocycles. The van der Waals surface area contributed by atoms with Crippen LogP contribution in [0.15, 0.2) is 110 Å². The number of carbonyl (C=O) groups is 1. The predicted molar refractivity (Wildman–Crippen MR) is 352 cm³/mol. The zero-order valence-corrected chi connectivity index (χ0v) is 57.0. The Kier molecular flexibility index (Phi) is 21.8. The minimum absolute atomic E-state index is 0.00458. The molecule has 5 N–H and O–H groups in total. The summed E-state index contributed by atoms with van der Waals surface area (Å²) < 4.78 is 81.4. The zero-order chi connectivity index (χ0) is 67.9. The Balaban J connectivity index is 0.000000252. The molecule has 8 aliphatic rings. The number of aromatic hydroxyl groups is 2. The van der Waals surface area contributed by atoms with Gasteiger partial charge in [0.15, 0.2) is 24.0 Å². The lowest BCUT2D eigenvalue weighted by Crippen LogP contribution is -2.58. The quantitative estimate of drug-likeness (QED) is 0.0641. The standard InChI is InChI=1S/C48H72O14.C26H26O6/c1-11-25(2)43-28(5)17-18-47(62-43)23-34-20-33(61-47)16-15-27(4)42(26(3)13-12-14-32-24-55-45-40(49)29(6)19-35(46(51)58-34)48(32,45)52)59-39-22-37(54-10)44(31(8)57-39)60-38-21-36(53-9)41(50)30(7)56-38;1-14(2)6-11-17-22-18(12-13-26(3,4)32-22)24-20(23(17)30-5)21(28)19(25(29)31-24)15-7-9-16(27)10-8-15/h12-15,17-19,25-26,28,30-31,33-45,49-50,52H,11,16,20-24H2,1-10H3;6-10,12-13,27-28H,11H2,1-5H3. The molecule has 4 saturated heterocycles. The van der Waals surface area contributed by atoms with Gasteiger partial charge in [-0.05, 0) is 127 Å². The van der Waals surface area contributed by atoms with Crippen LogP contribution in [-0.4, -0.2) is 162 Å². The number of fused-ring (bicyclic) bond motifs is 5. The second-order valence-corrected chi connectivity index (χ2v) is 27.6. The number of rotatable bonds is 12. The van der Waals surface area contributed by atoms with E-state index in [1.165, 1.54) is 19.2 Å². The van der Waals surface area contributed by atoms with Crippen LogP contribution in [0.5, 0.6) is 23.0 Å². The summed E-state index contributed by atoms with van der Waals surface area (Å²) in [6.07, 6.45) is 14.9. The van der Waals surface area contributed by atoms with E-state index >= 15 is 0 Å². The van der Waals surface area contributed by atoms with Gasteiger partial charge >= 0.3 is 11.6 Å². The van der Waals surface area contributed by atoms with Crippen molar-refractivity contribution in [1.82, 2.24) is 0 Å². The number of carbonyl (C=O) groups excluding carboxylic acids is 1. The fourth-order valence-corrected chi connectivity index (χ4v) is 14.5. The normalized spacial score (nSPS) is 35.7. The summed E-state index contributed by atoms with van der Waals surface area (Å²) in [5, 5.41) is 55.4. The van der Waals surface area contributed by atoms with Crippen LogP contribution in [-0.2, 0) is 58.6 Å². The second kappa shape index (κ2) is 29.0. The average Bonchev–Trinajstić information content (AvgIpc) is 1.10. The van der Waals surface area contributed by atoms with E-state index in [2.05, 4.69) is 45.9 Å². The number of phenols is 1. The van der Waals surface area contributed by atoms with Crippen molar-refractivity contribution in [2.45, 2.75) is 231 Å². The molecular weight excluding hydrogens is 1210 g/mol. The molecule has 0 amide bonds. The van der Waals surface area contributed by atoms with Gasteiger partial charge in [-0.15, -0.1) is 0 Å². The van der Waals surface area contributed by atoms with Crippen LogP contribution >= 0.6 is 0 Å². The molecule has 20 atom stereocenters. The van der Waals surface area contributed by atoms with Crippen molar-refractivity contribution in [3.05, 3.63) is 123 Å². The summed E-state index contributed by atoms with van der Waals surface area (Å²) in [7, 11) is 4.73. The zero-order valence-electron chi connectivity index (χ0n) is 57.0. The monoisotopic (exact) mass is 1310 g/mol. The fourth-order valence-electron chi connectivity index (χ4n) is 14.5. The highest BCUT2D eigenvalue weighted by molar-refractivity contribution is 6.02. The van der Waals surface area contributed by atoms with Gasteiger partial charge < -0.3 is 86.8 Å². The van der Waals surface area contributed by atoms with E-state index in [1.54, 1.807) is 52.4 Å². The van der Waals surface area contributed by atoms with Gasteiger partial charge in [-0.1, -0.05) is 94.4 Å². The number of aliphatic hydroxyl groups is 3. The van der Waals surface area contributed by atoms with Gasteiger partial charge in [0.25, 0.3) is 0 Å². The molecule has 20 unspecified atom stereocenters. The smallest absolute Gasteiger partial charge is 0.348 e. The molecule has 3 aromatic rings. The number of ether oxygens (including phenoxy) is 12. The van der Waals surface area contributed by atoms with E-state index in [0.717, 1.165) is 23.1 Å². The van der Waals surface area contributed by atoms with Gasteiger partial charge in [-0.25, -0.2) is 4.79 Å². The third kappa shape index (κ3) is 14.5. The molecule has 1 aromatic heterocycles. The number of hydrogen-bond donors (Lipinski definition) is 5. The third-order valence-electron chi connectivity index (χ3n) is 20.0. The topological polar surface area (TPSA) is 259 Å². The highest BCUT2D eigenvalue weighted by Crippen LogP contribution is 2.51. The van der Waals surface area contributed by atoms with Crippen molar-refractivity contribution in [2.75, 3.05) is 27.9 Å². The molecule has 2 aromatic carbocycles. The maximum atomic E-state index is 14.3. The number of phenolic OH excluding ortho intramolecular Hbond substituents is 1. The maximum Gasteiger partial charge on any atom is 0.348 e. The Labute approximate surface area is 551 Å². The van der Waals surface area contributed by atoms with Crippen LogP contribution < -0.4 is 15.1 Å². The fraction of sp³-hybridized carbons (Fsp3) is 0.595. The largest absolute Gasteiger partial charge is 0.508 e. The van der Waals surface area contributed by atoms with Crippen LogP contribution in [0.4, 0.5) is 0 Å². The molecule has 4 fully saturated rings. The first-order valence-electron chi connectivity index (χ1n) is 33.2. The van der Waals surface area contributed by atoms with Gasteiger partial charge in [0, 0.05) is 57.3 Å². The summed E-state index contributed by atoms with van der Waals surface area (Å²) in [5.74, 6) is -1.79. The SMILES string of the molecule is CCC(C)C1OC2(C=CC1C)CC1CC(CC=C(C)C(OC3CC(OC)C(OC4CC(OC)C(O)C(C)O4)C(C)O3)C(C)C=CC=C3COC4C(O)C(C)=CC(C(=O)O1)C34O)O2.COc1c(CC=C(C)C)c2c(c3oc(=O)c(-c4ccc(O)cc4)c(O)c13)C=CC(C)(C)O2. The molecule has 7 aliphatic heterocycles. The van der Waals surface area contributed by atoms with Crippen LogP contribution in [0.3, 0.4) is 0 Å². The molecule has 0 radical (unpaired) electrons. The maximum absolute atomic E-state index is 14.3. The van der Waals surface area contributed by atoms with Crippen LogP contribution in [0.25, 0.3) is 28.2 Å². The van der Waals surface area contributed by atoms with Crippen molar-refractivity contribution in [3.8, 4) is 34.1 Å². The first-order chi connectivity index (χ1) is 44.6. The summed E-state index contributed by atoms with van der Waals surface area (Å²) in [5.41, 5.74) is 1.99. The first-order valence-corrected chi connectivity index (χ1v) is 33.2. The molecule has 514 valence electrons. The lowest BCUT2D eigenvalue weighted by molar-refractivity contribution is -0.318. The van der Waals surface area contributed by atoms with Gasteiger partial charge in [0.2, 0.25) is 0 Å². The first kappa shape index (κ1) is 70.8. The van der Waals surface area contributed by atoms with Crippen LogP contribution in [0.2, 0.25) is 0 Å². The number of esters is 1. The minimum atomic E-state index is -1.84. The van der Waals surface area contributed by atoms with Crippen LogP contribution in [0.1, 0.15) is 133 Å². The Bertz CT molecular complexity index is 3500. The predicted octanol–water partition coefficient (Wildman–Crippen LogP) is 11.0. The lowest BCUT2D eigenvalue weighted by Gasteiger charge is -2.48. The van der Waals surface area contributed by atoms with Gasteiger partial charge in [0.1, 0.15) is 81.6 Å². The number of allylic oxidation sites excluding steroid dienone is 4. The number of aliphatic hydroxyl groups excluding tert-OH is 2. The van der Waals surface area contributed by atoms with E-state index < -0.39 is 102 Å². The molecule has 11 rings (SSSR count). The Morgan fingerprint density at radius 2 is 1.55 bits per heavy atom. The van der Waals surface area contributed by atoms with Gasteiger partial charge in [-0.2, -0.15) is 0 Å². The number of hydrogen-bond acceptors (Lipinski definition) is 20. The summed E-state index contributed by atoms with van der Waals surface area (Å²) in [6.45, 7) is 24.0. The van der Waals surface area contributed by atoms with Crippen molar-refractivity contribution in [1.29, 1.82) is 0 Å². The highest BCUT2D eigenvalue weighted by atomic mass is 16.7. The average molecular weight is 1310 g/mol. The van der Waals surface area contributed by atoms with E-state index in [9.17, 15) is 35.1 Å². The molecule has 20 heteroatoms. The van der Waals surface area contributed by atoms with E-state index in [0.29, 0.717) is 77.7 Å². The Morgan fingerprint density at radius 1 is 0.851 bits per heavy atom. The Morgan fingerprint density at radius 3 is 2.24 bits per heavy atom. The molecule has 8 heterocycles. The Hall–Kier alpha value is -5.98. The van der Waals surface area contributed by atoms with E-state index in [1.807, 2.05) is 71.9 Å². The molecule has 1 aliphatic carbocycles. The minimum Gasteiger partial charge on any atom is -0.508 e. The molecular formula is C74H98O20. The van der Waals surface area contributed by atoms with Crippen molar-refractivity contribution >= 4 is 23.0 Å². The van der Waals surface area contributed by atoms with Gasteiger partial charge in [0.05, 0.1) is 62.0 Å². The highest BCUT2D eigenvalue weighted by Gasteiger charge is 2.60. The molecule has 1 spiro atoms. The van der Waals surface area contributed by atoms with Gasteiger partial charge in [-0.3, -0.25) is 4.79 Å².